The molecule has 0 aliphatic heterocycles. The van der Waals surface area contributed by atoms with Gasteiger partial charge in [-0.3, -0.25) is 0 Å². The second kappa shape index (κ2) is 9.75. The highest BCUT2D eigenvalue weighted by Crippen LogP contribution is 2.06. The Morgan fingerprint density at radius 3 is 2.33 bits per heavy atom. The van der Waals surface area contributed by atoms with Crippen LogP contribution in [0.3, 0.4) is 0 Å². The van der Waals surface area contributed by atoms with Crippen LogP contribution in [-0.2, 0) is 9.47 Å². The van der Waals surface area contributed by atoms with Crippen LogP contribution in [0.1, 0.15) is 47.5 Å². The molecule has 104 valence electrons. The molecule has 0 aromatic heterocycles. The second-order valence-electron chi connectivity index (χ2n) is 5.14. The van der Waals surface area contributed by atoms with Gasteiger partial charge in [0.05, 0.1) is 6.61 Å². The molecule has 0 aliphatic carbocycles. The van der Waals surface area contributed by atoms with E-state index in [-0.39, 0.29) is 6.61 Å². The summed E-state index contributed by atoms with van der Waals surface area (Å²) in [5.41, 5.74) is 2.56. The average molecular weight is 254 g/mol. The lowest BCUT2D eigenvalue weighted by Gasteiger charge is -2.06. The zero-order valence-corrected chi connectivity index (χ0v) is 12.3. The smallest absolute Gasteiger partial charge is 0.434 e. The highest BCUT2D eigenvalue weighted by atomic mass is 16.7. The van der Waals surface area contributed by atoms with E-state index in [1.54, 1.807) is 0 Å². The van der Waals surface area contributed by atoms with Crippen LogP contribution < -0.4 is 0 Å². The number of carbonyl (C=O) groups excluding carboxylic acids is 1. The molecule has 0 aliphatic rings. The molecule has 0 N–H and O–H groups in total. The third-order valence-electron chi connectivity index (χ3n) is 2.26. The van der Waals surface area contributed by atoms with E-state index in [1.165, 1.54) is 11.1 Å². The number of allylic oxidation sites excluding steroid dienone is 3. The van der Waals surface area contributed by atoms with Crippen molar-refractivity contribution in [2.75, 3.05) is 13.2 Å². The predicted octanol–water partition coefficient (Wildman–Crippen LogP) is 4.49. The quantitative estimate of drug-likeness (QED) is 0.496. The van der Waals surface area contributed by atoms with Crippen LogP contribution in [0.5, 0.6) is 0 Å². The minimum absolute atomic E-state index is 0.289. The topological polar surface area (TPSA) is 35.5 Å². The highest BCUT2D eigenvalue weighted by molar-refractivity contribution is 5.59. The molecule has 3 nitrogen and oxygen atoms in total. The van der Waals surface area contributed by atoms with E-state index in [9.17, 15) is 4.79 Å². The first-order chi connectivity index (χ1) is 8.41. The van der Waals surface area contributed by atoms with Crippen molar-refractivity contribution in [3.8, 4) is 0 Å². The van der Waals surface area contributed by atoms with Crippen LogP contribution in [0.2, 0.25) is 0 Å². The second-order valence-corrected chi connectivity index (χ2v) is 5.14. The van der Waals surface area contributed by atoms with E-state index in [2.05, 4.69) is 19.9 Å². The fourth-order valence-electron chi connectivity index (χ4n) is 1.22. The van der Waals surface area contributed by atoms with Crippen LogP contribution in [-0.4, -0.2) is 19.4 Å². The van der Waals surface area contributed by atoms with E-state index in [0.29, 0.717) is 12.5 Å². The SMILES string of the molecule is CC(C)=CCCC(C)=CCOC(=O)OCC(C)C. The Morgan fingerprint density at radius 1 is 1.11 bits per heavy atom. The molecule has 0 amide bonds. The van der Waals surface area contributed by atoms with Gasteiger partial charge in [-0.2, -0.15) is 0 Å². The van der Waals surface area contributed by atoms with Crippen molar-refractivity contribution in [2.24, 2.45) is 5.92 Å². The van der Waals surface area contributed by atoms with Gasteiger partial charge in [0.25, 0.3) is 0 Å². The van der Waals surface area contributed by atoms with Crippen LogP contribution in [0, 0.1) is 5.92 Å². The normalized spacial score (nSPS) is 11.3. The standard InChI is InChI=1S/C15H26O3/c1-12(2)7-6-8-14(5)9-10-17-15(16)18-11-13(3)4/h7,9,13H,6,8,10-11H2,1-5H3. The van der Waals surface area contributed by atoms with Gasteiger partial charge in [-0.1, -0.05) is 31.1 Å². The number of carbonyl (C=O) groups is 1. The fraction of sp³-hybridized carbons (Fsp3) is 0.667. The molecule has 0 aromatic carbocycles. The minimum atomic E-state index is -0.586. The van der Waals surface area contributed by atoms with Crippen LogP contribution in [0.25, 0.3) is 0 Å². The number of ether oxygens (including phenoxy) is 2. The summed E-state index contributed by atoms with van der Waals surface area (Å²) in [6.45, 7) is 10.9. The lowest BCUT2D eigenvalue weighted by atomic mass is 10.1. The van der Waals surface area contributed by atoms with Gasteiger partial charge < -0.3 is 9.47 Å². The van der Waals surface area contributed by atoms with Gasteiger partial charge in [-0.25, -0.2) is 4.79 Å². The summed E-state index contributed by atoms with van der Waals surface area (Å²) in [7, 11) is 0. The van der Waals surface area contributed by atoms with Gasteiger partial charge >= 0.3 is 6.16 Å². The predicted molar refractivity (Wildman–Crippen MR) is 74.6 cm³/mol. The molecule has 3 heteroatoms. The molecule has 0 radical (unpaired) electrons. The summed E-state index contributed by atoms with van der Waals surface area (Å²) >= 11 is 0. The molecular formula is C15H26O3. The lowest BCUT2D eigenvalue weighted by molar-refractivity contribution is 0.0549. The summed E-state index contributed by atoms with van der Waals surface area (Å²) in [6.07, 6.45) is 5.57. The summed E-state index contributed by atoms with van der Waals surface area (Å²) in [5.74, 6) is 0.332. The Bertz CT molecular complexity index is 297. The maximum absolute atomic E-state index is 11.1. The summed E-state index contributed by atoms with van der Waals surface area (Å²) in [4.78, 5) is 11.1. The zero-order chi connectivity index (χ0) is 14.0. The third kappa shape index (κ3) is 11.2. The number of rotatable bonds is 7. The summed E-state index contributed by atoms with van der Waals surface area (Å²) < 4.78 is 9.84. The van der Waals surface area contributed by atoms with E-state index >= 15 is 0 Å². The number of hydrogen-bond acceptors (Lipinski definition) is 3. The molecule has 0 spiro atoms. The maximum atomic E-state index is 11.1. The first kappa shape index (κ1) is 16.8. The van der Waals surface area contributed by atoms with Crippen molar-refractivity contribution in [2.45, 2.75) is 47.5 Å². The largest absolute Gasteiger partial charge is 0.508 e. The van der Waals surface area contributed by atoms with Crippen molar-refractivity contribution in [3.05, 3.63) is 23.3 Å². The van der Waals surface area contributed by atoms with Crippen molar-refractivity contribution < 1.29 is 14.3 Å². The van der Waals surface area contributed by atoms with Crippen molar-refractivity contribution in [3.63, 3.8) is 0 Å². The van der Waals surface area contributed by atoms with Crippen LogP contribution in [0.4, 0.5) is 4.79 Å². The Hall–Kier alpha value is -1.25. The van der Waals surface area contributed by atoms with E-state index in [1.807, 2.05) is 26.8 Å². The van der Waals surface area contributed by atoms with Crippen molar-refractivity contribution in [1.29, 1.82) is 0 Å². The van der Waals surface area contributed by atoms with Crippen molar-refractivity contribution >= 4 is 6.16 Å². The van der Waals surface area contributed by atoms with E-state index in [0.717, 1.165) is 12.8 Å². The zero-order valence-electron chi connectivity index (χ0n) is 12.3. The first-order valence-electron chi connectivity index (χ1n) is 6.50. The molecule has 0 saturated carbocycles. The third-order valence-corrected chi connectivity index (χ3v) is 2.26. The number of hydrogen-bond donors (Lipinski definition) is 0. The average Bonchev–Trinajstić information content (AvgIpc) is 2.25. The molecule has 0 saturated heterocycles. The molecule has 0 fully saturated rings. The lowest BCUT2D eigenvalue weighted by Crippen LogP contribution is -2.11. The Labute approximate surface area is 111 Å². The monoisotopic (exact) mass is 254 g/mol. The Morgan fingerprint density at radius 2 is 1.78 bits per heavy atom. The maximum Gasteiger partial charge on any atom is 0.508 e. The molecule has 0 rings (SSSR count). The molecule has 0 aromatic rings. The molecule has 18 heavy (non-hydrogen) atoms. The van der Waals surface area contributed by atoms with Crippen LogP contribution >= 0.6 is 0 Å². The highest BCUT2D eigenvalue weighted by Gasteiger charge is 2.03. The van der Waals surface area contributed by atoms with Gasteiger partial charge in [-0.15, -0.1) is 0 Å². The molecule has 0 heterocycles. The molecular weight excluding hydrogens is 228 g/mol. The van der Waals surface area contributed by atoms with Gasteiger partial charge in [0.15, 0.2) is 0 Å². The molecule has 0 unspecified atom stereocenters. The molecule has 0 bridgehead atoms. The first-order valence-corrected chi connectivity index (χ1v) is 6.50. The summed E-state index contributed by atoms with van der Waals surface area (Å²) in [5, 5.41) is 0. The Balaban J connectivity index is 3.73. The van der Waals surface area contributed by atoms with E-state index in [4.69, 9.17) is 9.47 Å². The fourth-order valence-corrected chi connectivity index (χ4v) is 1.22. The minimum Gasteiger partial charge on any atom is -0.434 e. The van der Waals surface area contributed by atoms with E-state index < -0.39 is 6.16 Å². The van der Waals surface area contributed by atoms with Crippen LogP contribution in [0.15, 0.2) is 23.3 Å². The van der Waals surface area contributed by atoms with Gasteiger partial charge in [-0.05, 0) is 45.6 Å². The molecule has 0 atom stereocenters. The van der Waals surface area contributed by atoms with Gasteiger partial charge in [0.1, 0.15) is 6.61 Å². The Kier molecular flexibility index (Phi) is 9.07. The summed E-state index contributed by atoms with van der Waals surface area (Å²) in [6, 6.07) is 0. The van der Waals surface area contributed by atoms with Crippen molar-refractivity contribution in [1.82, 2.24) is 0 Å². The van der Waals surface area contributed by atoms with Gasteiger partial charge in [0.2, 0.25) is 0 Å². The van der Waals surface area contributed by atoms with Gasteiger partial charge in [0, 0.05) is 0 Å².